The number of amides is 1. The highest BCUT2D eigenvalue weighted by Gasteiger charge is 2.02. The Kier molecular flexibility index (Phi) is 14.9. The Morgan fingerprint density at radius 2 is 1.58 bits per heavy atom. The molecule has 0 unspecified atom stereocenters. The van der Waals surface area contributed by atoms with Gasteiger partial charge in [0.15, 0.2) is 0 Å². The van der Waals surface area contributed by atoms with Crippen LogP contribution in [-0.4, -0.2) is 19.3 Å². The molecule has 0 saturated carbocycles. The van der Waals surface area contributed by atoms with E-state index in [1.54, 1.807) is 0 Å². The predicted octanol–water partition coefficient (Wildman–Crippen LogP) is 2.70. The van der Waals surface area contributed by atoms with Gasteiger partial charge in [0.05, 0.1) is 13.5 Å². The van der Waals surface area contributed by atoms with E-state index in [4.69, 9.17) is 0 Å². The number of hydrogen-bond donors (Lipinski definition) is 1. The van der Waals surface area contributed by atoms with Crippen molar-refractivity contribution in [1.29, 1.82) is 0 Å². The molecule has 0 bridgehead atoms. The summed E-state index contributed by atoms with van der Waals surface area (Å²) in [5.41, 5.74) is 4.07. The van der Waals surface area contributed by atoms with Gasteiger partial charge in [0.2, 0.25) is 5.91 Å². The van der Waals surface area contributed by atoms with Crippen LogP contribution in [0.5, 0.6) is 0 Å². The lowest BCUT2D eigenvalue weighted by molar-refractivity contribution is -0.130. The van der Waals surface area contributed by atoms with Gasteiger partial charge in [-0.15, -0.1) is 0 Å². The van der Waals surface area contributed by atoms with E-state index in [0.717, 1.165) is 17.4 Å². The Balaban J connectivity index is 0. The van der Waals surface area contributed by atoms with Crippen molar-refractivity contribution >= 4 is 12.2 Å². The maximum absolute atomic E-state index is 11.1. The van der Waals surface area contributed by atoms with E-state index >= 15 is 0 Å². The quantitative estimate of drug-likeness (QED) is 0.659. The van der Waals surface area contributed by atoms with Gasteiger partial charge in [-0.25, -0.2) is 5.48 Å². The molecule has 108 valence electrons. The number of hydrogen-bond acceptors (Lipinski definition) is 3. The number of aldehydes is 1. The van der Waals surface area contributed by atoms with Gasteiger partial charge in [0.25, 0.3) is 0 Å². The number of carbonyl (C=O) groups excluding carboxylic acids is 2. The fourth-order valence-electron chi connectivity index (χ4n) is 1.22. The minimum atomic E-state index is -0.194. The van der Waals surface area contributed by atoms with E-state index < -0.39 is 0 Å². The summed E-state index contributed by atoms with van der Waals surface area (Å²) in [6.07, 6.45) is 1.53. The molecule has 1 amide bonds. The van der Waals surface area contributed by atoms with E-state index in [1.165, 1.54) is 7.11 Å². The molecule has 0 aliphatic carbocycles. The smallest absolute Gasteiger partial charge is 0.247 e. The monoisotopic (exact) mass is 267 g/mol. The molecule has 1 rings (SSSR count). The number of benzene rings is 1. The number of nitrogens with one attached hydrogen (secondary N) is 1. The van der Waals surface area contributed by atoms with Crippen LogP contribution >= 0.6 is 0 Å². The molecule has 1 aromatic rings. The van der Waals surface area contributed by atoms with Gasteiger partial charge in [-0.05, 0) is 11.1 Å². The van der Waals surface area contributed by atoms with Crippen LogP contribution < -0.4 is 5.48 Å². The summed E-state index contributed by atoms with van der Waals surface area (Å²) in [7, 11) is 1.39. The third kappa shape index (κ3) is 9.97. The first kappa shape index (κ1) is 19.7. The second-order valence-electron chi connectivity index (χ2n) is 3.09. The van der Waals surface area contributed by atoms with Crippen LogP contribution in [-0.2, 0) is 27.3 Å². The Labute approximate surface area is 116 Å². The highest BCUT2D eigenvalue weighted by molar-refractivity contribution is 5.77. The fraction of sp³-hybridized carbons (Fsp3) is 0.467. The molecule has 0 aliphatic rings. The van der Waals surface area contributed by atoms with Crippen LogP contribution in [0, 0.1) is 0 Å². The molecule has 0 heterocycles. The molecule has 0 fully saturated rings. The van der Waals surface area contributed by atoms with E-state index in [1.807, 2.05) is 52.0 Å². The van der Waals surface area contributed by atoms with Gasteiger partial charge in [-0.2, -0.15) is 0 Å². The van der Waals surface area contributed by atoms with Crippen LogP contribution in [0.15, 0.2) is 24.3 Å². The topological polar surface area (TPSA) is 55.4 Å². The first-order valence-corrected chi connectivity index (χ1v) is 6.59. The number of hydroxylamine groups is 1. The third-order valence-electron chi connectivity index (χ3n) is 1.92. The summed E-state index contributed by atoms with van der Waals surface area (Å²) in [6, 6.07) is 7.33. The van der Waals surface area contributed by atoms with Crippen LogP contribution in [0.2, 0.25) is 0 Å². The zero-order valence-electron chi connectivity index (χ0n) is 12.5. The molecule has 1 aromatic carbocycles. The van der Waals surface area contributed by atoms with Gasteiger partial charge in [-0.1, -0.05) is 52.0 Å². The molecular formula is C15H25NO3. The maximum Gasteiger partial charge on any atom is 0.247 e. The average molecular weight is 267 g/mol. The first-order chi connectivity index (χ1) is 9.26. The fourth-order valence-corrected chi connectivity index (χ4v) is 1.22. The van der Waals surface area contributed by atoms with Crippen molar-refractivity contribution in [3.63, 3.8) is 0 Å². The van der Waals surface area contributed by atoms with Crippen molar-refractivity contribution in [2.75, 3.05) is 7.11 Å². The predicted molar refractivity (Wildman–Crippen MR) is 77.8 cm³/mol. The normalized spacial score (nSPS) is 8.26. The van der Waals surface area contributed by atoms with E-state index in [2.05, 4.69) is 10.3 Å². The lowest BCUT2D eigenvalue weighted by Crippen LogP contribution is -2.23. The van der Waals surface area contributed by atoms with Gasteiger partial charge < -0.3 is 4.79 Å². The minimum absolute atomic E-state index is 0.194. The zero-order chi connectivity index (χ0) is 15.1. The lowest BCUT2D eigenvalue weighted by atomic mass is 10.1. The van der Waals surface area contributed by atoms with Gasteiger partial charge >= 0.3 is 0 Å². The van der Waals surface area contributed by atoms with Crippen LogP contribution in [0.3, 0.4) is 0 Å². The van der Waals surface area contributed by atoms with E-state index in [9.17, 15) is 9.59 Å². The van der Waals surface area contributed by atoms with Crippen molar-refractivity contribution in [3.05, 3.63) is 35.4 Å². The van der Waals surface area contributed by atoms with E-state index in [0.29, 0.717) is 6.42 Å². The molecule has 4 heteroatoms. The highest BCUT2D eigenvalue weighted by Crippen LogP contribution is 2.05. The van der Waals surface area contributed by atoms with Gasteiger partial charge in [-0.3, -0.25) is 9.63 Å². The average Bonchev–Trinajstić information content (AvgIpc) is 2.46. The van der Waals surface area contributed by atoms with Crippen LogP contribution in [0.4, 0.5) is 0 Å². The maximum atomic E-state index is 11.1. The zero-order valence-corrected chi connectivity index (χ0v) is 12.5. The largest absolute Gasteiger partial charge is 0.303 e. The molecule has 0 atom stereocenters. The van der Waals surface area contributed by atoms with Crippen LogP contribution in [0.1, 0.15) is 38.8 Å². The minimum Gasteiger partial charge on any atom is -0.303 e. The van der Waals surface area contributed by atoms with Crippen molar-refractivity contribution in [2.45, 2.75) is 40.5 Å². The second kappa shape index (κ2) is 14.4. The Morgan fingerprint density at radius 1 is 1.11 bits per heavy atom. The molecule has 1 N–H and O–H groups in total. The second-order valence-corrected chi connectivity index (χ2v) is 3.09. The SMILES string of the molecule is CC.CC.CONC(=O)Cc1ccc(CC=O)cc1. The lowest BCUT2D eigenvalue weighted by Gasteiger charge is -2.02. The molecule has 0 aliphatic heterocycles. The van der Waals surface area contributed by atoms with Crippen LogP contribution in [0.25, 0.3) is 0 Å². The Morgan fingerprint density at radius 3 is 2.00 bits per heavy atom. The molecule has 0 radical (unpaired) electrons. The molecular weight excluding hydrogens is 242 g/mol. The number of rotatable bonds is 5. The van der Waals surface area contributed by atoms with Crippen molar-refractivity contribution < 1.29 is 14.4 Å². The summed E-state index contributed by atoms with van der Waals surface area (Å²) >= 11 is 0. The highest BCUT2D eigenvalue weighted by atomic mass is 16.6. The molecule has 0 spiro atoms. The Bertz CT molecular complexity index is 334. The number of carbonyl (C=O) groups is 2. The van der Waals surface area contributed by atoms with Crippen molar-refractivity contribution in [1.82, 2.24) is 5.48 Å². The molecule has 0 aromatic heterocycles. The van der Waals surface area contributed by atoms with E-state index in [-0.39, 0.29) is 12.3 Å². The van der Waals surface area contributed by atoms with Crippen molar-refractivity contribution in [2.24, 2.45) is 0 Å². The summed E-state index contributed by atoms with van der Waals surface area (Å²) in [4.78, 5) is 25.9. The third-order valence-corrected chi connectivity index (χ3v) is 1.92. The van der Waals surface area contributed by atoms with Gasteiger partial charge in [0, 0.05) is 6.42 Å². The van der Waals surface area contributed by atoms with Gasteiger partial charge in [0.1, 0.15) is 6.29 Å². The summed E-state index contributed by atoms with van der Waals surface area (Å²) < 4.78 is 0. The Hall–Kier alpha value is -1.68. The summed E-state index contributed by atoms with van der Waals surface area (Å²) in [5.74, 6) is -0.194. The molecule has 4 nitrogen and oxygen atoms in total. The first-order valence-electron chi connectivity index (χ1n) is 6.59. The van der Waals surface area contributed by atoms with Crippen molar-refractivity contribution in [3.8, 4) is 0 Å². The molecule has 0 saturated heterocycles. The standard InChI is InChI=1S/C11H13NO3.2C2H6/c1-15-12-11(14)8-10-4-2-9(3-5-10)6-7-13;2*1-2/h2-5,7H,6,8H2,1H3,(H,12,14);2*1-2H3. The summed E-state index contributed by atoms with van der Waals surface area (Å²) in [6.45, 7) is 8.00. The summed E-state index contributed by atoms with van der Waals surface area (Å²) in [5, 5.41) is 0. The molecule has 19 heavy (non-hydrogen) atoms.